The summed E-state index contributed by atoms with van der Waals surface area (Å²) < 4.78 is 0. The van der Waals surface area contributed by atoms with Crippen LogP contribution < -0.4 is 5.32 Å². The molecule has 2 aliphatic heterocycles. The van der Waals surface area contributed by atoms with Crippen LogP contribution in [0.2, 0.25) is 0 Å². The van der Waals surface area contributed by atoms with Crippen LogP contribution in [0.3, 0.4) is 0 Å². The molecule has 3 heterocycles. The summed E-state index contributed by atoms with van der Waals surface area (Å²) >= 11 is 2.02. The number of nitrogens with zero attached hydrogens (tertiary/aromatic N) is 1. The number of hydrogen-bond acceptors (Lipinski definition) is 3. The van der Waals surface area contributed by atoms with Crippen LogP contribution in [0.4, 0.5) is 0 Å². The molecule has 2 fully saturated rings. The Kier molecular flexibility index (Phi) is 4.79. The topological polar surface area (TPSA) is 15.3 Å². The van der Waals surface area contributed by atoms with Crippen molar-refractivity contribution in [2.75, 3.05) is 6.54 Å². The van der Waals surface area contributed by atoms with Gasteiger partial charge >= 0.3 is 0 Å². The Hall–Kier alpha value is -0.380. The monoisotopic (exact) mass is 292 g/mol. The third-order valence-electron chi connectivity index (χ3n) is 4.97. The second-order valence-electron chi connectivity index (χ2n) is 6.40. The normalized spacial score (nSPS) is 30.0. The molecule has 2 nitrogen and oxygen atoms in total. The number of fused-ring (bicyclic) bond motifs is 2. The molecule has 0 aromatic carbocycles. The molecule has 1 N–H and O–H groups in total. The molecule has 0 radical (unpaired) electrons. The van der Waals surface area contributed by atoms with Crippen molar-refractivity contribution in [1.29, 1.82) is 0 Å². The molecule has 2 atom stereocenters. The van der Waals surface area contributed by atoms with Gasteiger partial charge in [0.25, 0.3) is 0 Å². The Bertz CT molecular complexity index is 414. The van der Waals surface area contributed by atoms with Crippen LogP contribution in [0, 0.1) is 0 Å². The maximum Gasteiger partial charge on any atom is 0.0333 e. The summed E-state index contributed by atoms with van der Waals surface area (Å²) in [6.45, 7) is 6.90. The number of hydrogen-bond donors (Lipinski definition) is 1. The van der Waals surface area contributed by atoms with Gasteiger partial charge < -0.3 is 5.32 Å². The van der Waals surface area contributed by atoms with E-state index in [1.54, 1.807) is 4.88 Å². The fourth-order valence-corrected chi connectivity index (χ4v) is 4.89. The highest BCUT2D eigenvalue weighted by Crippen LogP contribution is 2.37. The summed E-state index contributed by atoms with van der Waals surface area (Å²) in [6, 6.07) is 7.10. The molecule has 3 rings (SSSR count). The van der Waals surface area contributed by atoms with Crippen molar-refractivity contribution in [3.8, 4) is 0 Å². The summed E-state index contributed by atoms with van der Waals surface area (Å²) in [5.41, 5.74) is 0. The van der Waals surface area contributed by atoms with Gasteiger partial charge in [-0.3, -0.25) is 4.90 Å². The number of thiophene rings is 1. The lowest BCUT2D eigenvalue weighted by Gasteiger charge is -2.39. The summed E-state index contributed by atoms with van der Waals surface area (Å²) in [5, 5.41) is 3.75. The highest BCUT2D eigenvalue weighted by Gasteiger charge is 2.40. The van der Waals surface area contributed by atoms with Crippen LogP contribution >= 0.6 is 11.3 Å². The van der Waals surface area contributed by atoms with Gasteiger partial charge in [-0.15, -0.1) is 11.3 Å². The maximum absolute atomic E-state index is 3.75. The van der Waals surface area contributed by atoms with Gasteiger partial charge in [0.2, 0.25) is 0 Å². The molecule has 2 saturated heterocycles. The van der Waals surface area contributed by atoms with E-state index in [1.165, 1.54) is 56.5 Å². The quantitative estimate of drug-likeness (QED) is 0.858. The number of rotatable bonds is 6. The lowest BCUT2D eigenvalue weighted by atomic mass is 9.97. The lowest BCUT2D eigenvalue weighted by molar-refractivity contribution is 0.110. The molecule has 0 spiro atoms. The molecule has 0 amide bonds. The molecule has 0 aliphatic carbocycles. The van der Waals surface area contributed by atoms with Gasteiger partial charge in [0.05, 0.1) is 0 Å². The molecule has 2 bridgehead atoms. The Morgan fingerprint density at radius 2 is 1.85 bits per heavy atom. The first-order valence-electron chi connectivity index (χ1n) is 8.36. The van der Waals surface area contributed by atoms with E-state index in [9.17, 15) is 0 Å². The molecule has 20 heavy (non-hydrogen) atoms. The fourth-order valence-electron chi connectivity index (χ4n) is 3.92. The maximum atomic E-state index is 3.75. The Morgan fingerprint density at radius 1 is 1.15 bits per heavy atom. The zero-order valence-electron chi connectivity index (χ0n) is 12.9. The van der Waals surface area contributed by atoms with E-state index >= 15 is 0 Å². The molecule has 1 aromatic rings. The van der Waals surface area contributed by atoms with Crippen LogP contribution in [0.1, 0.15) is 55.7 Å². The van der Waals surface area contributed by atoms with E-state index in [2.05, 4.69) is 36.2 Å². The molecular weight excluding hydrogens is 264 g/mol. The molecule has 2 aliphatic rings. The summed E-state index contributed by atoms with van der Waals surface area (Å²) in [6.07, 6.45) is 8.00. The Labute approximate surface area is 127 Å². The predicted octanol–water partition coefficient (Wildman–Crippen LogP) is 3.81. The number of nitrogens with one attached hydrogen (secondary N) is 1. The molecule has 3 heteroatoms. The second-order valence-corrected chi connectivity index (χ2v) is 7.65. The van der Waals surface area contributed by atoms with Crippen molar-refractivity contribution >= 4 is 11.3 Å². The van der Waals surface area contributed by atoms with Crippen molar-refractivity contribution in [3.63, 3.8) is 0 Å². The second kappa shape index (κ2) is 6.59. The van der Waals surface area contributed by atoms with Crippen molar-refractivity contribution in [3.05, 3.63) is 21.9 Å². The Morgan fingerprint density at radius 3 is 2.45 bits per heavy atom. The van der Waals surface area contributed by atoms with E-state index in [4.69, 9.17) is 0 Å². The molecular formula is C17H28N2S. The van der Waals surface area contributed by atoms with E-state index in [0.717, 1.165) is 18.1 Å². The third-order valence-corrected chi connectivity index (χ3v) is 6.19. The standard InChI is InChI=1S/C17H28N2S/c1-3-9-18-13-10-14-5-6-15(11-13)19(14)12-17-8-7-16(4-2)20-17/h7-8,13-15,18H,3-6,9-12H2,1-2H3. The first-order chi connectivity index (χ1) is 9.80. The van der Waals surface area contributed by atoms with Crippen molar-refractivity contribution in [1.82, 2.24) is 10.2 Å². The number of piperidine rings is 1. The summed E-state index contributed by atoms with van der Waals surface area (Å²) in [4.78, 5) is 5.90. The van der Waals surface area contributed by atoms with Gasteiger partial charge in [-0.1, -0.05) is 13.8 Å². The molecule has 0 saturated carbocycles. The van der Waals surface area contributed by atoms with Gasteiger partial charge in [-0.25, -0.2) is 0 Å². The zero-order valence-corrected chi connectivity index (χ0v) is 13.7. The largest absolute Gasteiger partial charge is 0.314 e. The average Bonchev–Trinajstić information content (AvgIpc) is 3.00. The highest BCUT2D eigenvalue weighted by molar-refractivity contribution is 7.11. The van der Waals surface area contributed by atoms with Gasteiger partial charge in [-0.05, 0) is 57.2 Å². The SMILES string of the molecule is CCCNC1CC2CCC(C1)N2Cc1ccc(CC)s1. The lowest BCUT2D eigenvalue weighted by Crippen LogP contribution is -2.48. The average molecular weight is 292 g/mol. The predicted molar refractivity (Wildman–Crippen MR) is 87.4 cm³/mol. The highest BCUT2D eigenvalue weighted by atomic mass is 32.1. The molecule has 112 valence electrons. The Balaban J connectivity index is 1.59. The van der Waals surface area contributed by atoms with E-state index < -0.39 is 0 Å². The van der Waals surface area contributed by atoms with E-state index in [1.807, 2.05) is 11.3 Å². The fraction of sp³-hybridized carbons (Fsp3) is 0.765. The van der Waals surface area contributed by atoms with Crippen molar-refractivity contribution < 1.29 is 0 Å². The van der Waals surface area contributed by atoms with E-state index in [0.29, 0.717) is 0 Å². The minimum atomic E-state index is 0.776. The van der Waals surface area contributed by atoms with Gasteiger partial charge in [0.15, 0.2) is 0 Å². The van der Waals surface area contributed by atoms with Crippen molar-refractivity contribution in [2.45, 2.75) is 77.0 Å². The minimum absolute atomic E-state index is 0.776. The first kappa shape index (κ1) is 14.6. The van der Waals surface area contributed by atoms with Crippen LogP contribution in [0.5, 0.6) is 0 Å². The van der Waals surface area contributed by atoms with Crippen LogP contribution in [0.15, 0.2) is 12.1 Å². The smallest absolute Gasteiger partial charge is 0.0333 e. The molecule has 1 aromatic heterocycles. The minimum Gasteiger partial charge on any atom is -0.314 e. The van der Waals surface area contributed by atoms with Gasteiger partial charge in [0, 0.05) is 34.4 Å². The van der Waals surface area contributed by atoms with E-state index in [-0.39, 0.29) is 0 Å². The summed E-state index contributed by atoms with van der Waals surface area (Å²) in [7, 11) is 0. The van der Waals surface area contributed by atoms with Crippen molar-refractivity contribution in [2.24, 2.45) is 0 Å². The van der Waals surface area contributed by atoms with Gasteiger partial charge in [0.1, 0.15) is 0 Å². The molecule has 2 unspecified atom stereocenters. The zero-order chi connectivity index (χ0) is 13.9. The first-order valence-corrected chi connectivity index (χ1v) is 9.18. The van der Waals surface area contributed by atoms with Crippen LogP contribution in [-0.4, -0.2) is 29.6 Å². The van der Waals surface area contributed by atoms with Gasteiger partial charge in [-0.2, -0.15) is 0 Å². The summed E-state index contributed by atoms with van der Waals surface area (Å²) in [5.74, 6) is 0. The van der Waals surface area contributed by atoms with Crippen LogP contribution in [0.25, 0.3) is 0 Å². The van der Waals surface area contributed by atoms with Crippen LogP contribution in [-0.2, 0) is 13.0 Å². The third kappa shape index (κ3) is 3.10. The number of aryl methyl sites for hydroxylation is 1.